The Morgan fingerprint density at radius 2 is 1.89 bits per heavy atom. The van der Waals surface area contributed by atoms with Crippen LogP contribution in [0.4, 0.5) is 18.0 Å². The lowest BCUT2D eigenvalue weighted by Crippen LogP contribution is -2.43. The van der Waals surface area contributed by atoms with Gasteiger partial charge in [0.15, 0.2) is 0 Å². The van der Waals surface area contributed by atoms with Crippen molar-refractivity contribution in [2.45, 2.75) is 52.1 Å². The summed E-state index contributed by atoms with van der Waals surface area (Å²) in [4.78, 5) is 30.5. The highest BCUT2D eigenvalue weighted by molar-refractivity contribution is 5.96. The van der Waals surface area contributed by atoms with Gasteiger partial charge in [0.1, 0.15) is 18.0 Å². The summed E-state index contributed by atoms with van der Waals surface area (Å²) >= 11 is 0. The van der Waals surface area contributed by atoms with E-state index in [1.807, 2.05) is 6.07 Å². The van der Waals surface area contributed by atoms with Crippen molar-refractivity contribution >= 4 is 18.0 Å². The SMILES string of the molecule is CC(C)(C)OC(=O)NCC1CCN(/C(=N\C(=O)C(F)(F)F)N2Cc3ccc(OCCO)cc3C2)C1. The number of hydrogen-bond acceptors (Lipinski definition) is 5. The number of rotatable bonds is 5. The maximum Gasteiger partial charge on any atom is 0.473 e. The lowest BCUT2D eigenvalue weighted by atomic mass is 10.1. The topological polar surface area (TPSA) is 104 Å². The largest absolute Gasteiger partial charge is 0.491 e. The number of nitrogens with one attached hydrogen (secondary N) is 1. The number of nitrogens with zero attached hydrogens (tertiary/aromatic N) is 3. The summed E-state index contributed by atoms with van der Waals surface area (Å²) in [5.41, 5.74) is 1.09. The molecular formula is C23H31F3N4O5. The molecule has 1 aromatic carbocycles. The lowest BCUT2D eigenvalue weighted by molar-refractivity contribution is -0.169. The summed E-state index contributed by atoms with van der Waals surface area (Å²) in [7, 11) is 0. The van der Waals surface area contributed by atoms with Crippen LogP contribution in [0, 0.1) is 5.92 Å². The number of alkyl halides is 3. The van der Waals surface area contributed by atoms with Crippen LogP contribution in [0.3, 0.4) is 0 Å². The fourth-order valence-corrected chi connectivity index (χ4v) is 3.98. The van der Waals surface area contributed by atoms with Crippen LogP contribution < -0.4 is 10.1 Å². The number of aliphatic hydroxyl groups excluding tert-OH is 1. The molecule has 1 fully saturated rings. The highest BCUT2D eigenvalue weighted by atomic mass is 19.4. The first-order chi connectivity index (χ1) is 16.4. The van der Waals surface area contributed by atoms with E-state index in [1.54, 1.807) is 42.7 Å². The minimum atomic E-state index is -5.08. The van der Waals surface area contributed by atoms with Crippen molar-refractivity contribution in [1.82, 2.24) is 15.1 Å². The average Bonchev–Trinajstić information content (AvgIpc) is 3.39. The molecule has 9 nitrogen and oxygen atoms in total. The molecule has 0 aromatic heterocycles. The molecule has 0 aliphatic carbocycles. The number of halogens is 3. The Bertz CT molecular complexity index is 961. The minimum absolute atomic E-state index is 0.0406. The second kappa shape index (κ2) is 10.7. The highest BCUT2D eigenvalue weighted by Crippen LogP contribution is 2.30. The molecule has 12 heteroatoms. The molecule has 2 heterocycles. The number of aliphatic imine (C=N–C) groups is 1. The molecule has 2 N–H and O–H groups in total. The van der Waals surface area contributed by atoms with Gasteiger partial charge in [-0.3, -0.25) is 4.79 Å². The van der Waals surface area contributed by atoms with Gasteiger partial charge in [0.25, 0.3) is 0 Å². The third-order valence-corrected chi connectivity index (χ3v) is 5.49. The number of amides is 2. The molecule has 2 amide bonds. The molecule has 35 heavy (non-hydrogen) atoms. The standard InChI is InChI=1S/C23H31F3N4O5/c1-22(2,3)35-21(33)27-11-15-6-7-29(12-15)20(28-19(32)23(24,25)26)30-13-16-4-5-18(34-9-8-31)10-17(16)14-30/h4-5,10,15,31H,6-9,11-14H2,1-3H3,(H,27,33)/b28-20+. The number of benzene rings is 1. The second-order valence-corrected chi connectivity index (χ2v) is 9.56. The molecule has 0 bridgehead atoms. The number of ether oxygens (including phenoxy) is 2. The Labute approximate surface area is 201 Å². The van der Waals surface area contributed by atoms with Gasteiger partial charge in [-0.15, -0.1) is 0 Å². The summed E-state index contributed by atoms with van der Waals surface area (Å²) in [6, 6.07) is 5.30. The number of carbonyl (C=O) groups is 2. The summed E-state index contributed by atoms with van der Waals surface area (Å²) in [5.74, 6) is -1.71. The summed E-state index contributed by atoms with van der Waals surface area (Å²) in [6.07, 6.45) is -5.04. The van der Waals surface area contributed by atoms with Crippen molar-refractivity contribution < 1.29 is 37.3 Å². The Kier molecular flexibility index (Phi) is 8.14. The zero-order chi connectivity index (χ0) is 25.8. The zero-order valence-electron chi connectivity index (χ0n) is 20.0. The van der Waals surface area contributed by atoms with Gasteiger partial charge in [-0.25, -0.2) is 4.79 Å². The summed E-state index contributed by atoms with van der Waals surface area (Å²) in [6.45, 7) is 6.79. The van der Waals surface area contributed by atoms with Gasteiger partial charge >= 0.3 is 18.2 Å². The quantitative estimate of drug-likeness (QED) is 0.473. The van der Waals surface area contributed by atoms with Crippen molar-refractivity contribution in [2.75, 3.05) is 32.8 Å². The van der Waals surface area contributed by atoms with E-state index in [4.69, 9.17) is 14.6 Å². The molecule has 2 aliphatic rings. The number of guanidine groups is 1. The first kappa shape index (κ1) is 26.6. The predicted octanol–water partition coefficient (Wildman–Crippen LogP) is 2.66. The first-order valence-electron chi connectivity index (χ1n) is 11.4. The van der Waals surface area contributed by atoms with Crippen molar-refractivity contribution in [2.24, 2.45) is 10.9 Å². The molecule has 0 saturated carbocycles. The van der Waals surface area contributed by atoms with E-state index >= 15 is 0 Å². The molecule has 1 saturated heterocycles. The van der Waals surface area contributed by atoms with Gasteiger partial charge in [-0.2, -0.15) is 18.2 Å². The third-order valence-electron chi connectivity index (χ3n) is 5.49. The fourth-order valence-electron chi connectivity index (χ4n) is 3.98. The van der Waals surface area contributed by atoms with Crippen molar-refractivity contribution in [3.63, 3.8) is 0 Å². The summed E-state index contributed by atoms with van der Waals surface area (Å²) < 4.78 is 49.8. The molecule has 3 rings (SSSR count). The Balaban J connectivity index is 1.71. The molecule has 194 valence electrons. The van der Waals surface area contributed by atoms with Gasteiger partial charge in [0.2, 0.25) is 5.96 Å². The fraction of sp³-hybridized carbons (Fsp3) is 0.609. The number of alkyl carbamates (subject to hydrolysis) is 1. The van der Waals surface area contributed by atoms with Crippen LogP contribution in [0.5, 0.6) is 5.75 Å². The normalized spacial score (nSPS) is 18.5. The Morgan fingerprint density at radius 3 is 2.54 bits per heavy atom. The van der Waals surface area contributed by atoms with Gasteiger partial charge < -0.3 is 29.7 Å². The summed E-state index contributed by atoms with van der Waals surface area (Å²) in [5, 5.41) is 11.6. The van der Waals surface area contributed by atoms with E-state index in [-0.39, 0.29) is 44.7 Å². The van der Waals surface area contributed by atoms with Crippen LogP contribution in [0.15, 0.2) is 23.2 Å². The highest BCUT2D eigenvalue weighted by Gasteiger charge is 2.41. The Hall–Kier alpha value is -3.02. The average molecular weight is 501 g/mol. The lowest BCUT2D eigenvalue weighted by Gasteiger charge is -2.29. The minimum Gasteiger partial charge on any atom is -0.491 e. The van der Waals surface area contributed by atoms with Crippen molar-refractivity contribution in [3.05, 3.63) is 29.3 Å². The van der Waals surface area contributed by atoms with Crippen LogP contribution in [0.25, 0.3) is 0 Å². The number of aliphatic hydroxyl groups is 1. The van der Waals surface area contributed by atoms with E-state index in [9.17, 15) is 22.8 Å². The van der Waals surface area contributed by atoms with Gasteiger partial charge in [0.05, 0.1) is 6.61 Å². The second-order valence-electron chi connectivity index (χ2n) is 9.56. The molecule has 1 aromatic rings. The van der Waals surface area contributed by atoms with Gasteiger partial charge in [-0.1, -0.05) is 6.07 Å². The molecular weight excluding hydrogens is 469 g/mol. The number of fused-ring (bicyclic) bond motifs is 1. The van der Waals surface area contributed by atoms with E-state index in [0.29, 0.717) is 25.3 Å². The van der Waals surface area contributed by atoms with E-state index < -0.39 is 23.8 Å². The number of carbonyl (C=O) groups excluding carboxylic acids is 2. The number of likely N-dealkylation sites (tertiary alicyclic amines) is 1. The molecule has 0 radical (unpaired) electrons. The molecule has 1 atom stereocenters. The van der Waals surface area contributed by atoms with Gasteiger partial charge in [-0.05, 0) is 56.4 Å². The Morgan fingerprint density at radius 1 is 1.17 bits per heavy atom. The maximum absolute atomic E-state index is 13.0. The van der Waals surface area contributed by atoms with E-state index in [2.05, 4.69) is 10.3 Å². The molecule has 0 spiro atoms. The van der Waals surface area contributed by atoms with E-state index in [1.165, 1.54) is 0 Å². The first-order valence-corrected chi connectivity index (χ1v) is 11.4. The van der Waals surface area contributed by atoms with Crippen LogP contribution in [0.2, 0.25) is 0 Å². The molecule has 1 unspecified atom stereocenters. The van der Waals surface area contributed by atoms with Gasteiger partial charge in [0, 0.05) is 32.7 Å². The monoisotopic (exact) mass is 500 g/mol. The van der Waals surface area contributed by atoms with Crippen LogP contribution in [0.1, 0.15) is 38.3 Å². The van der Waals surface area contributed by atoms with Crippen LogP contribution >= 0.6 is 0 Å². The molecule has 2 aliphatic heterocycles. The number of hydrogen-bond donors (Lipinski definition) is 2. The van der Waals surface area contributed by atoms with Crippen molar-refractivity contribution in [1.29, 1.82) is 0 Å². The van der Waals surface area contributed by atoms with Crippen LogP contribution in [-0.4, -0.2) is 77.5 Å². The van der Waals surface area contributed by atoms with Crippen LogP contribution in [-0.2, 0) is 22.6 Å². The smallest absolute Gasteiger partial charge is 0.473 e. The zero-order valence-corrected chi connectivity index (χ0v) is 20.0. The predicted molar refractivity (Wildman–Crippen MR) is 121 cm³/mol. The van der Waals surface area contributed by atoms with E-state index in [0.717, 1.165) is 11.1 Å². The van der Waals surface area contributed by atoms with Crippen molar-refractivity contribution in [3.8, 4) is 5.75 Å². The third kappa shape index (κ3) is 7.48. The maximum atomic E-state index is 13.0.